The lowest BCUT2D eigenvalue weighted by molar-refractivity contribution is 1.24. The van der Waals surface area contributed by atoms with Gasteiger partial charge in [0.15, 0.2) is 0 Å². The van der Waals surface area contributed by atoms with Gasteiger partial charge in [0, 0.05) is 0 Å². The summed E-state index contributed by atoms with van der Waals surface area (Å²) in [6.45, 7) is 6.14. The highest BCUT2D eigenvalue weighted by Crippen LogP contribution is 2.16. The highest BCUT2D eigenvalue weighted by atomic mass is 14.0. The summed E-state index contributed by atoms with van der Waals surface area (Å²) in [5.74, 6) is 0. The molecule has 0 saturated heterocycles. The highest BCUT2D eigenvalue weighted by Gasteiger charge is 1.99. The summed E-state index contributed by atoms with van der Waals surface area (Å²) < 4.78 is 0. The van der Waals surface area contributed by atoms with Gasteiger partial charge in [-0.3, -0.25) is 0 Å². The average Bonchev–Trinajstić information content (AvgIpc) is 2.45. The van der Waals surface area contributed by atoms with Crippen LogP contribution in [0, 0.1) is 6.92 Å². The van der Waals surface area contributed by atoms with Gasteiger partial charge in [0.2, 0.25) is 0 Å². The van der Waals surface area contributed by atoms with Crippen LogP contribution in [0.1, 0.15) is 30.5 Å². The van der Waals surface area contributed by atoms with Crippen molar-refractivity contribution in [1.82, 2.24) is 0 Å². The van der Waals surface area contributed by atoms with Crippen molar-refractivity contribution < 1.29 is 0 Å². The van der Waals surface area contributed by atoms with Crippen molar-refractivity contribution in [3.8, 4) is 0 Å². The maximum absolute atomic E-state index is 2.26. The zero-order chi connectivity index (χ0) is 10.4. The second-order valence-corrected chi connectivity index (χ2v) is 3.19. The molecule has 0 atom stereocenters. The molecule has 0 spiro atoms. The first-order chi connectivity index (χ1) is 6.86. The standard InChI is InChI=1S/C12H12.C2H6/c1-10-7-8-11-5-3-2-4-6-12(11)9-10;1-2/h2-5,7-9H,6H2,1H3;1-2H3. The fourth-order valence-corrected chi connectivity index (χ4v) is 1.51. The van der Waals surface area contributed by atoms with Crippen LogP contribution in [0.3, 0.4) is 0 Å². The smallest absolute Gasteiger partial charge is 0.00883 e. The average molecular weight is 186 g/mol. The van der Waals surface area contributed by atoms with E-state index in [2.05, 4.69) is 49.4 Å². The minimum absolute atomic E-state index is 1.06. The predicted molar refractivity (Wildman–Crippen MR) is 64.4 cm³/mol. The Labute approximate surface area is 87.0 Å². The lowest BCUT2D eigenvalue weighted by Crippen LogP contribution is -1.86. The fraction of sp³-hybridized carbons (Fsp3) is 0.286. The highest BCUT2D eigenvalue weighted by molar-refractivity contribution is 5.57. The van der Waals surface area contributed by atoms with E-state index in [9.17, 15) is 0 Å². The number of hydrogen-bond donors (Lipinski definition) is 0. The van der Waals surface area contributed by atoms with Crippen molar-refractivity contribution in [2.75, 3.05) is 0 Å². The summed E-state index contributed by atoms with van der Waals surface area (Å²) in [6.07, 6.45) is 9.63. The second-order valence-electron chi connectivity index (χ2n) is 3.19. The fourth-order valence-electron chi connectivity index (χ4n) is 1.51. The molecule has 2 rings (SSSR count). The third-order valence-electron chi connectivity index (χ3n) is 2.16. The molecule has 0 radical (unpaired) electrons. The number of fused-ring (bicyclic) bond motifs is 1. The first-order valence-corrected chi connectivity index (χ1v) is 5.29. The van der Waals surface area contributed by atoms with E-state index in [4.69, 9.17) is 0 Å². The second kappa shape index (κ2) is 5.43. The van der Waals surface area contributed by atoms with Gasteiger partial charge < -0.3 is 0 Å². The third-order valence-corrected chi connectivity index (χ3v) is 2.16. The van der Waals surface area contributed by atoms with Gasteiger partial charge in [-0.2, -0.15) is 0 Å². The van der Waals surface area contributed by atoms with Crippen LogP contribution in [0.5, 0.6) is 0 Å². The summed E-state index contributed by atoms with van der Waals surface area (Å²) in [7, 11) is 0. The molecule has 1 aromatic carbocycles. The molecule has 0 aliphatic heterocycles. The molecule has 1 aliphatic carbocycles. The van der Waals surface area contributed by atoms with Crippen molar-refractivity contribution in [3.63, 3.8) is 0 Å². The van der Waals surface area contributed by atoms with E-state index >= 15 is 0 Å². The van der Waals surface area contributed by atoms with Gasteiger partial charge in [0.25, 0.3) is 0 Å². The molecule has 0 nitrogen and oxygen atoms in total. The zero-order valence-electron chi connectivity index (χ0n) is 9.25. The molecule has 0 unspecified atom stereocenters. The first-order valence-electron chi connectivity index (χ1n) is 5.29. The maximum atomic E-state index is 2.26. The van der Waals surface area contributed by atoms with Crippen LogP contribution in [-0.4, -0.2) is 0 Å². The molecule has 0 heteroatoms. The van der Waals surface area contributed by atoms with E-state index in [-0.39, 0.29) is 0 Å². The van der Waals surface area contributed by atoms with E-state index < -0.39 is 0 Å². The molecule has 0 saturated carbocycles. The third kappa shape index (κ3) is 2.59. The Bertz CT molecular complexity index is 343. The quantitative estimate of drug-likeness (QED) is 0.571. The number of aryl methyl sites for hydroxylation is 1. The molecule has 1 aliphatic rings. The molecule has 14 heavy (non-hydrogen) atoms. The van der Waals surface area contributed by atoms with E-state index in [0.29, 0.717) is 0 Å². The SMILES string of the molecule is CC.Cc1ccc2c(c1)CC=CC=C2. The van der Waals surface area contributed by atoms with Crippen molar-refractivity contribution in [2.45, 2.75) is 27.2 Å². The van der Waals surface area contributed by atoms with E-state index in [1.807, 2.05) is 13.8 Å². The Morgan fingerprint density at radius 2 is 1.86 bits per heavy atom. The number of rotatable bonds is 0. The van der Waals surface area contributed by atoms with Crippen LogP contribution in [-0.2, 0) is 6.42 Å². The molecule has 0 amide bonds. The van der Waals surface area contributed by atoms with Crippen molar-refractivity contribution in [2.24, 2.45) is 0 Å². The number of allylic oxidation sites excluding steroid dienone is 3. The Morgan fingerprint density at radius 1 is 1.07 bits per heavy atom. The summed E-state index contributed by atoms with van der Waals surface area (Å²) in [4.78, 5) is 0. The maximum Gasteiger partial charge on any atom is -0.00883 e. The molecular weight excluding hydrogens is 168 g/mol. The molecule has 0 N–H and O–H groups in total. The molecule has 0 bridgehead atoms. The van der Waals surface area contributed by atoms with Crippen LogP contribution >= 0.6 is 0 Å². The monoisotopic (exact) mass is 186 g/mol. The van der Waals surface area contributed by atoms with Gasteiger partial charge >= 0.3 is 0 Å². The van der Waals surface area contributed by atoms with Crippen LogP contribution in [0.2, 0.25) is 0 Å². The van der Waals surface area contributed by atoms with Gasteiger partial charge in [-0.15, -0.1) is 0 Å². The van der Waals surface area contributed by atoms with Gasteiger partial charge in [-0.05, 0) is 24.5 Å². The van der Waals surface area contributed by atoms with E-state index in [0.717, 1.165) is 6.42 Å². The molecule has 74 valence electrons. The van der Waals surface area contributed by atoms with Crippen molar-refractivity contribution in [1.29, 1.82) is 0 Å². The summed E-state index contributed by atoms with van der Waals surface area (Å²) >= 11 is 0. The van der Waals surface area contributed by atoms with Crippen molar-refractivity contribution >= 4 is 6.08 Å². The lowest BCUT2D eigenvalue weighted by atomic mass is 10.0. The Kier molecular flexibility index (Phi) is 4.18. The van der Waals surface area contributed by atoms with Gasteiger partial charge in [-0.25, -0.2) is 0 Å². The minimum atomic E-state index is 1.06. The summed E-state index contributed by atoms with van der Waals surface area (Å²) in [5.41, 5.74) is 4.13. The van der Waals surface area contributed by atoms with Gasteiger partial charge in [0.05, 0.1) is 0 Å². The number of benzene rings is 1. The van der Waals surface area contributed by atoms with E-state index in [1.165, 1.54) is 16.7 Å². The zero-order valence-corrected chi connectivity index (χ0v) is 9.25. The topological polar surface area (TPSA) is 0 Å². The van der Waals surface area contributed by atoms with Gasteiger partial charge in [-0.1, -0.05) is 61.9 Å². The van der Waals surface area contributed by atoms with Crippen LogP contribution < -0.4 is 0 Å². The first kappa shape index (κ1) is 10.8. The van der Waals surface area contributed by atoms with Gasteiger partial charge in [0.1, 0.15) is 0 Å². The molecule has 0 fully saturated rings. The minimum Gasteiger partial charge on any atom is -0.0801 e. The van der Waals surface area contributed by atoms with E-state index in [1.54, 1.807) is 0 Å². The molecule has 0 heterocycles. The molecular formula is C14H18. The van der Waals surface area contributed by atoms with Crippen LogP contribution in [0.4, 0.5) is 0 Å². The summed E-state index contributed by atoms with van der Waals surface area (Å²) in [6, 6.07) is 6.61. The summed E-state index contributed by atoms with van der Waals surface area (Å²) in [5, 5.41) is 0. The van der Waals surface area contributed by atoms with Crippen LogP contribution in [0.15, 0.2) is 36.4 Å². The predicted octanol–water partition coefficient (Wildman–Crippen LogP) is 4.15. The Hall–Kier alpha value is -1.30. The molecule has 0 aromatic heterocycles. The normalized spacial score (nSPS) is 12.5. The Morgan fingerprint density at radius 3 is 2.64 bits per heavy atom. The Balaban J connectivity index is 0.000000461. The van der Waals surface area contributed by atoms with Crippen molar-refractivity contribution in [3.05, 3.63) is 53.1 Å². The molecule has 1 aromatic rings. The number of hydrogen-bond acceptors (Lipinski definition) is 0. The largest absolute Gasteiger partial charge is 0.0801 e. The van der Waals surface area contributed by atoms with Crippen LogP contribution in [0.25, 0.3) is 6.08 Å². The lowest BCUT2D eigenvalue weighted by Gasteiger charge is -2.02.